The van der Waals surface area contributed by atoms with Crippen molar-refractivity contribution in [3.63, 3.8) is 0 Å². The number of anilines is 1. The number of nitrogens with zero attached hydrogens (tertiary/aromatic N) is 7. The number of aromatic nitrogens is 5. The molecule has 5 heterocycles. The van der Waals surface area contributed by atoms with Crippen LogP contribution in [0, 0.1) is 13.8 Å². The predicted molar refractivity (Wildman–Crippen MR) is 159 cm³/mol. The molecule has 0 N–H and O–H groups in total. The van der Waals surface area contributed by atoms with Crippen LogP contribution in [-0.4, -0.2) is 67.5 Å². The zero-order valence-corrected chi connectivity index (χ0v) is 25.8. The largest absolute Gasteiger partial charge is 0.417 e. The molecule has 2 aliphatic heterocycles. The van der Waals surface area contributed by atoms with Gasteiger partial charge in [-0.2, -0.15) is 18.3 Å². The molecule has 1 amide bonds. The third kappa shape index (κ3) is 5.52. The highest BCUT2D eigenvalue weighted by molar-refractivity contribution is 9.10. The van der Waals surface area contributed by atoms with E-state index < -0.39 is 23.7 Å². The number of rotatable bonds is 4. The summed E-state index contributed by atoms with van der Waals surface area (Å²) in [6.07, 6.45) is -2.83. The van der Waals surface area contributed by atoms with Gasteiger partial charge in [0.1, 0.15) is 5.82 Å². The van der Waals surface area contributed by atoms with Crippen molar-refractivity contribution < 1.29 is 22.7 Å². The van der Waals surface area contributed by atoms with Crippen LogP contribution in [0.1, 0.15) is 45.5 Å². The van der Waals surface area contributed by atoms with Crippen molar-refractivity contribution in [1.29, 1.82) is 0 Å². The fourth-order valence-electron chi connectivity index (χ4n) is 5.66. The highest BCUT2D eigenvalue weighted by Gasteiger charge is 2.36. The van der Waals surface area contributed by atoms with Gasteiger partial charge in [-0.3, -0.25) is 9.59 Å². The SMILES string of the molecule is Cc1cc(C)n(-c2nc3c(c(=O)n2-c2ccc(N4CCOCC4)nc2)CC(C)N(C(=O)c2ccc(Br)c(C(F)(F)F)c2)C3)n1. The Morgan fingerprint density at radius 1 is 1.09 bits per heavy atom. The van der Waals surface area contributed by atoms with Crippen molar-refractivity contribution in [2.75, 3.05) is 31.2 Å². The predicted octanol–water partition coefficient (Wildman–Crippen LogP) is 4.63. The van der Waals surface area contributed by atoms with E-state index in [-0.39, 0.29) is 34.5 Å². The molecular formula is C30H29BrF3N7O3. The monoisotopic (exact) mass is 671 g/mol. The van der Waals surface area contributed by atoms with Gasteiger partial charge in [-0.1, -0.05) is 15.9 Å². The Kier molecular flexibility index (Phi) is 7.82. The molecule has 14 heteroatoms. The highest BCUT2D eigenvalue weighted by atomic mass is 79.9. The normalized spacial score (nSPS) is 17.1. The van der Waals surface area contributed by atoms with Crippen molar-refractivity contribution in [2.45, 2.75) is 46.0 Å². The van der Waals surface area contributed by atoms with Gasteiger partial charge in [0.05, 0.1) is 48.6 Å². The van der Waals surface area contributed by atoms with Crippen molar-refractivity contribution in [1.82, 2.24) is 29.2 Å². The number of fused-ring (bicyclic) bond motifs is 1. The molecule has 4 aromatic rings. The standard InChI is InChI=1S/C30H29BrF3N7O3/c1-17-12-19(3)41(37-17)29-36-25-16-39(27(42)20-4-6-24(31)23(14-20)30(32,33)34)18(2)13-22(25)28(43)40(29)21-5-7-26(35-15-21)38-8-10-44-11-9-38/h4-7,12,14-15,18H,8-11,13,16H2,1-3H3. The number of carbonyl (C=O) groups is 1. The average molecular weight is 673 g/mol. The Morgan fingerprint density at radius 3 is 2.48 bits per heavy atom. The number of hydrogen-bond donors (Lipinski definition) is 0. The Bertz CT molecular complexity index is 1800. The average Bonchev–Trinajstić information content (AvgIpc) is 3.34. The molecule has 230 valence electrons. The number of hydrogen-bond acceptors (Lipinski definition) is 7. The molecule has 10 nitrogen and oxygen atoms in total. The van der Waals surface area contributed by atoms with E-state index in [1.54, 1.807) is 17.8 Å². The maximum absolute atomic E-state index is 14.2. The second-order valence-electron chi connectivity index (χ2n) is 11.0. The molecular weight excluding hydrogens is 643 g/mol. The summed E-state index contributed by atoms with van der Waals surface area (Å²) in [5.74, 6) is 0.418. The number of benzene rings is 1. The van der Waals surface area contributed by atoms with Crippen LogP contribution in [0.5, 0.6) is 0 Å². The lowest BCUT2D eigenvalue weighted by Crippen LogP contribution is -2.46. The van der Waals surface area contributed by atoms with Crippen LogP contribution < -0.4 is 10.5 Å². The first-order valence-electron chi connectivity index (χ1n) is 14.1. The van der Waals surface area contributed by atoms with E-state index in [4.69, 9.17) is 9.72 Å². The van der Waals surface area contributed by atoms with Gasteiger partial charge in [-0.15, -0.1) is 0 Å². The van der Waals surface area contributed by atoms with Crippen molar-refractivity contribution in [3.8, 4) is 11.6 Å². The third-order valence-corrected chi connectivity index (χ3v) is 8.59. The number of morpholine rings is 1. The fraction of sp³-hybridized carbons (Fsp3) is 0.367. The zero-order valence-electron chi connectivity index (χ0n) is 24.2. The Morgan fingerprint density at radius 2 is 1.84 bits per heavy atom. The summed E-state index contributed by atoms with van der Waals surface area (Å²) in [7, 11) is 0. The maximum Gasteiger partial charge on any atom is 0.417 e. The molecule has 44 heavy (non-hydrogen) atoms. The summed E-state index contributed by atoms with van der Waals surface area (Å²) in [4.78, 5) is 40.8. The summed E-state index contributed by atoms with van der Waals surface area (Å²) in [6, 6.07) is 8.47. The second kappa shape index (κ2) is 11.5. The Labute approximate surface area is 259 Å². The van der Waals surface area contributed by atoms with Crippen LogP contribution in [0.4, 0.5) is 19.0 Å². The topological polar surface area (TPSA) is 98.4 Å². The molecule has 0 spiro atoms. The summed E-state index contributed by atoms with van der Waals surface area (Å²) in [6.45, 7) is 8.05. The van der Waals surface area contributed by atoms with Gasteiger partial charge in [0.2, 0.25) is 5.95 Å². The zero-order chi connectivity index (χ0) is 31.3. The van der Waals surface area contributed by atoms with E-state index in [1.807, 2.05) is 32.0 Å². The molecule has 0 aliphatic carbocycles. The number of aryl methyl sites for hydroxylation is 2. The minimum absolute atomic E-state index is 0.0522. The molecule has 0 radical (unpaired) electrons. The van der Waals surface area contributed by atoms with Crippen LogP contribution in [-0.2, 0) is 23.9 Å². The number of pyridine rings is 1. The molecule has 1 unspecified atom stereocenters. The number of halogens is 4. The smallest absolute Gasteiger partial charge is 0.378 e. The molecule has 1 aromatic carbocycles. The number of carbonyl (C=O) groups excluding carboxylic acids is 1. The minimum Gasteiger partial charge on any atom is -0.378 e. The molecule has 0 bridgehead atoms. The van der Waals surface area contributed by atoms with E-state index in [0.29, 0.717) is 43.2 Å². The number of ether oxygens (including phenoxy) is 1. The quantitative estimate of drug-likeness (QED) is 0.312. The first-order valence-corrected chi connectivity index (χ1v) is 14.9. The first kappa shape index (κ1) is 30.0. The van der Waals surface area contributed by atoms with Crippen LogP contribution in [0.3, 0.4) is 0 Å². The van der Waals surface area contributed by atoms with Gasteiger partial charge >= 0.3 is 6.18 Å². The fourth-order valence-corrected chi connectivity index (χ4v) is 6.13. The van der Waals surface area contributed by atoms with Crippen LogP contribution in [0.15, 0.2) is 51.9 Å². The summed E-state index contributed by atoms with van der Waals surface area (Å²) >= 11 is 2.93. The molecule has 1 fully saturated rings. The molecule has 1 saturated heterocycles. The van der Waals surface area contributed by atoms with Crippen molar-refractivity contribution in [3.05, 3.63) is 91.2 Å². The Hall–Kier alpha value is -4.04. The summed E-state index contributed by atoms with van der Waals surface area (Å²) in [5.41, 5.74) is 1.41. The van der Waals surface area contributed by atoms with Crippen LogP contribution in [0.25, 0.3) is 11.6 Å². The molecule has 6 rings (SSSR count). The van der Waals surface area contributed by atoms with E-state index in [0.717, 1.165) is 23.3 Å². The van der Waals surface area contributed by atoms with Crippen LogP contribution in [0.2, 0.25) is 0 Å². The molecule has 1 atom stereocenters. The lowest BCUT2D eigenvalue weighted by atomic mass is 9.98. The van der Waals surface area contributed by atoms with E-state index in [9.17, 15) is 22.8 Å². The van der Waals surface area contributed by atoms with E-state index >= 15 is 0 Å². The van der Waals surface area contributed by atoms with Crippen molar-refractivity contribution in [2.24, 2.45) is 0 Å². The van der Waals surface area contributed by atoms with Gasteiger partial charge in [0, 0.05) is 40.4 Å². The highest BCUT2D eigenvalue weighted by Crippen LogP contribution is 2.36. The van der Waals surface area contributed by atoms with Gasteiger partial charge in [0.15, 0.2) is 0 Å². The van der Waals surface area contributed by atoms with Gasteiger partial charge in [-0.05, 0) is 63.6 Å². The number of amides is 1. The molecule has 3 aromatic heterocycles. The Balaban J connectivity index is 1.42. The summed E-state index contributed by atoms with van der Waals surface area (Å²) in [5, 5.41) is 4.57. The van der Waals surface area contributed by atoms with Crippen molar-refractivity contribution >= 4 is 27.7 Å². The summed E-state index contributed by atoms with van der Waals surface area (Å²) < 4.78 is 49.0. The van der Waals surface area contributed by atoms with Gasteiger partial charge < -0.3 is 14.5 Å². The van der Waals surface area contributed by atoms with Gasteiger partial charge in [-0.25, -0.2) is 19.2 Å². The van der Waals surface area contributed by atoms with Gasteiger partial charge in [0.25, 0.3) is 11.5 Å². The molecule has 0 saturated carbocycles. The lowest BCUT2D eigenvalue weighted by Gasteiger charge is -2.34. The van der Waals surface area contributed by atoms with E-state index in [2.05, 4.69) is 30.9 Å². The third-order valence-electron chi connectivity index (χ3n) is 7.90. The maximum atomic E-state index is 14.2. The minimum atomic E-state index is -4.63. The second-order valence-corrected chi connectivity index (χ2v) is 11.8. The van der Waals surface area contributed by atoms with E-state index in [1.165, 1.54) is 21.6 Å². The number of alkyl halides is 3. The molecule has 2 aliphatic rings. The van der Waals surface area contributed by atoms with Crippen LogP contribution >= 0.6 is 15.9 Å². The lowest BCUT2D eigenvalue weighted by molar-refractivity contribution is -0.138. The first-order chi connectivity index (χ1) is 20.9.